The van der Waals surface area contributed by atoms with Gasteiger partial charge in [0.2, 0.25) is 0 Å². The molecule has 0 saturated carbocycles. The van der Waals surface area contributed by atoms with E-state index >= 15 is 0 Å². The molecule has 0 atom stereocenters. The Morgan fingerprint density at radius 3 is 2.50 bits per heavy atom. The third-order valence-corrected chi connectivity index (χ3v) is 4.58. The molecule has 1 heterocycles. The normalized spacial score (nSPS) is 10.7. The molecule has 0 radical (unpaired) electrons. The maximum atomic E-state index is 5.13. The quantitative estimate of drug-likeness (QED) is 0.502. The van der Waals surface area contributed by atoms with Gasteiger partial charge in [-0.2, -0.15) is 0 Å². The Labute approximate surface area is 167 Å². The zero-order valence-corrected chi connectivity index (χ0v) is 16.8. The molecule has 5 heteroatoms. The summed E-state index contributed by atoms with van der Waals surface area (Å²) in [7, 11) is 1.72. The van der Waals surface area contributed by atoms with Gasteiger partial charge in [-0.25, -0.2) is 9.97 Å². The number of hydrogen-bond donors (Lipinski definition) is 2. The Morgan fingerprint density at radius 2 is 1.75 bits per heavy atom. The number of aryl methyl sites for hydroxylation is 2. The molecule has 28 heavy (non-hydrogen) atoms. The second-order valence-corrected chi connectivity index (χ2v) is 6.69. The van der Waals surface area contributed by atoms with Crippen LogP contribution in [0.1, 0.15) is 24.5 Å². The highest BCUT2D eigenvalue weighted by Gasteiger charge is 2.10. The maximum absolute atomic E-state index is 5.13. The van der Waals surface area contributed by atoms with Crippen molar-refractivity contribution in [3.8, 4) is 11.4 Å². The van der Waals surface area contributed by atoms with E-state index < -0.39 is 0 Å². The lowest BCUT2D eigenvalue weighted by Gasteiger charge is -2.15. The van der Waals surface area contributed by atoms with Gasteiger partial charge in [0.1, 0.15) is 11.6 Å². The van der Waals surface area contributed by atoms with Crippen molar-refractivity contribution in [3.05, 3.63) is 65.7 Å². The summed E-state index contributed by atoms with van der Waals surface area (Å²) in [5.41, 5.74) is 4.59. The Hall–Kier alpha value is -2.92. The molecule has 0 spiro atoms. The number of nitrogens with one attached hydrogen (secondary N) is 2. The molecule has 0 aliphatic rings. The van der Waals surface area contributed by atoms with Gasteiger partial charge >= 0.3 is 0 Å². The second kappa shape index (κ2) is 9.85. The molecule has 3 aromatic rings. The van der Waals surface area contributed by atoms with Crippen LogP contribution in [0.4, 0.5) is 17.3 Å². The summed E-state index contributed by atoms with van der Waals surface area (Å²) in [5.74, 6) is 2.29. The molecule has 0 amide bonds. The molecule has 3 rings (SSSR count). The first-order valence-corrected chi connectivity index (χ1v) is 9.74. The molecule has 0 fully saturated rings. The maximum Gasteiger partial charge on any atom is 0.163 e. The molecule has 2 N–H and O–H groups in total. The Morgan fingerprint density at radius 1 is 0.964 bits per heavy atom. The Balaban J connectivity index is 1.93. The summed E-state index contributed by atoms with van der Waals surface area (Å²) in [6.45, 7) is 5.80. The standard InChI is InChI=1S/C23H28N4O/c1-4-18-13-8-10-17(2)22(18)25-21-16-20(24-14-9-15-28-3)26-23(27-21)19-11-6-5-7-12-19/h5-8,10-13,16H,4,9,14-15H2,1-3H3,(H2,24,25,26,27). The number of nitrogens with zero attached hydrogens (tertiary/aromatic N) is 2. The van der Waals surface area contributed by atoms with E-state index in [1.807, 2.05) is 36.4 Å². The van der Waals surface area contributed by atoms with Crippen molar-refractivity contribution in [2.45, 2.75) is 26.7 Å². The fourth-order valence-corrected chi connectivity index (χ4v) is 3.08. The van der Waals surface area contributed by atoms with Gasteiger partial charge in [-0.15, -0.1) is 0 Å². The second-order valence-electron chi connectivity index (χ2n) is 6.69. The summed E-state index contributed by atoms with van der Waals surface area (Å²) < 4.78 is 5.13. The molecule has 146 valence electrons. The fraction of sp³-hybridized carbons (Fsp3) is 0.304. The van der Waals surface area contributed by atoms with Crippen LogP contribution >= 0.6 is 0 Å². The van der Waals surface area contributed by atoms with E-state index in [-0.39, 0.29) is 0 Å². The van der Waals surface area contributed by atoms with Crippen LogP contribution in [-0.4, -0.2) is 30.2 Å². The number of para-hydroxylation sites is 1. The predicted octanol–water partition coefficient (Wildman–Crippen LogP) is 5.21. The summed E-state index contributed by atoms with van der Waals surface area (Å²) in [5, 5.41) is 6.92. The molecule has 0 aliphatic heterocycles. The Bertz CT molecular complexity index is 896. The van der Waals surface area contributed by atoms with Crippen LogP contribution in [0.3, 0.4) is 0 Å². The molecular formula is C23H28N4O. The van der Waals surface area contributed by atoms with Crippen LogP contribution in [0.15, 0.2) is 54.6 Å². The lowest BCUT2D eigenvalue weighted by Crippen LogP contribution is -2.08. The smallest absolute Gasteiger partial charge is 0.163 e. The van der Waals surface area contributed by atoms with E-state index in [0.717, 1.165) is 48.9 Å². The van der Waals surface area contributed by atoms with Crippen molar-refractivity contribution < 1.29 is 4.74 Å². The number of benzene rings is 2. The minimum atomic E-state index is 0.700. The number of methoxy groups -OCH3 is 1. The summed E-state index contributed by atoms with van der Waals surface area (Å²) in [4.78, 5) is 9.48. The lowest BCUT2D eigenvalue weighted by atomic mass is 10.1. The molecule has 0 bridgehead atoms. The lowest BCUT2D eigenvalue weighted by molar-refractivity contribution is 0.198. The van der Waals surface area contributed by atoms with E-state index in [4.69, 9.17) is 14.7 Å². The predicted molar refractivity (Wildman–Crippen MR) is 116 cm³/mol. The van der Waals surface area contributed by atoms with Crippen LogP contribution < -0.4 is 10.6 Å². The van der Waals surface area contributed by atoms with E-state index in [1.54, 1.807) is 7.11 Å². The van der Waals surface area contributed by atoms with Gasteiger partial charge in [0.25, 0.3) is 0 Å². The molecule has 0 aliphatic carbocycles. The van der Waals surface area contributed by atoms with Gasteiger partial charge in [-0.3, -0.25) is 0 Å². The fourth-order valence-electron chi connectivity index (χ4n) is 3.08. The van der Waals surface area contributed by atoms with Gasteiger partial charge in [-0.05, 0) is 30.9 Å². The molecule has 2 aromatic carbocycles. The first kappa shape index (κ1) is 19.8. The first-order valence-electron chi connectivity index (χ1n) is 9.74. The highest BCUT2D eigenvalue weighted by Crippen LogP contribution is 2.27. The third kappa shape index (κ3) is 5.08. The molecule has 1 aromatic heterocycles. The van der Waals surface area contributed by atoms with Gasteiger partial charge in [0.15, 0.2) is 5.82 Å². The van der Waals surface area contributed by atoms with Crippen LogP contribution in [0.25, 0.3) is 11.4 Å². The number of aromatic nitrogens is 2. The van der Waals surface area contributed by atoms with Crippen LogP contribution in [-0.2, 0) is 11.2 Å². The van der Waals surface area contributed by atoms with Crippen LogP contribution in [0, 0.1) is 6.92 Å². The summed E-state index contributed by atoms with van der Waals surface area (Å²) >= 11 is 0. The van der Waals surface area contributed by atoms with Gasteiger partial charge in [0.05, 0.1) is 0 Å². The van der Waals surface area contributed by atoms with Gasteiger partial charge in [0, 0.05) is 37.6 Å². The average Bonchev–Trinajstić information content (AvgIpc) is 2.73. The van der Waals surface area contributed by atoms with Crippen molar-refractivity contribution in [3.63, 3.8) is 0 Å². The third-order valence-electron chi connectivity index (χ3n) is 4.58. The molecule has 0 saturated heterocycles. The topological polar surface area (TPSA) is 59.1 Å². The zero-order valence-electron chi connectivity index (χ0n) is 16.8. The number of ether oxygens (including phenoxy) is 1. The van der Waals surface area contributed by atoms with Crippen molar-refractivity contribution in [1.29, 1.82) is 0 Å². The highest BCUT2D eigenvalue weighted by atomic mass is 16.5. The van der Waals surface area contributed by atoms with E-state index in [2.05, 4.69) is 42.7 Å². The minimum absolute atomic E-state index is 0.700. The number of hydrogen-bond acceptors (Lipinski definition) is 5. The van der Waals surface area contributed by atoms with Gasteiger partial charge < -0.3 is 15.4 Å². The monoisotopic (exact) mass is 376 g/mol. The van der Waals surface area contributed by atoms with Crippen molar-refractivity contribution in [2.24, 2.45) is 0 Å². The number of anilines is 3. The van der Waals surface area contributed by atoms with Crippen molar-refractivity contribution in [2.75, 3.05) is 30.9 Å². The summed E-state index contributed by atoms with van der Waals surface area (Å²) in [6.07, 6.45) is 1.88. The number of rotatable bonds is 9. The SMILES string of the molecule is CCc1cccc(C)c1Nc1cc(NCCCOC)nc(-c2ccccc2)n1. The van der Waals surface area contributed by atoms with E-state index in [9.17, 15) is 0 Å². The van der Waals surface area contributed by atoms with Crippen molar-refractivity contribution >= 4 is 17.3 Å². The van der Waals surface area contributed by atoms with Crippen molar-refractivity contribution in [1.82, 2.24) is 9.97 Å². The van der Waals surface area contributed by atoms with Crippen LogP contribution in [0.5, 0.6) is 0 Å². The Kier molecular flexibility index (Phi) is 6.98. The van der Waals surface area contributed by atoms with E-state index in [1.165, 1.54) is 11.1 Å². The molecule has 5 nitrogen and oxygen atoms in total. The minimum Gasteiger partial charge on any atom is -0.385 e. The highest BCUT2D eigenvalue weighted by molar-refractivity contribution is 5.69. The first-order chi connectivity index (χ1) is 13.7. The molecular weight excluding hydrogens is 348 g/mol. The molecule has 0 unspecified atom stereocenters. The summed E-state index contributed by atoms with van der Waals surface area (Å²) in [6, 6.07) is 18.4. The largest absolute Gasteiger partial charge is 0.385 e. The van der Waals surface area contributed by atoms with Crippen LogP contribution in [0.2, 0.25) is 0 Å². The zero-order chi connectivity index (χ0) is 19.8. The van der Waals surface area contributed by atoms with Gasteiger partial charge in [-0.1, -0.05) is 55.5 Å². The average molecular weight is 377 g/mol. The van der Waals surface area contributed by atoms with E-state index in [0.29, 0.717) is 5.82 Å².